The van der Waals surface area contributed by atoms with Crippen LogP contribution in [0.15, 0.2) is 18.2 Å². The smallest absolute Gasteiger partial charge is 0.223 e. The van der Waals surface area contributed by atoms with E-state index in [9.17, 15) is 9.18 Å². The van der Waals surface area contributed by atoms with Crippen molar-refractivity contribution in [1.82, 2.24) is 10.6 Å². The van der Waals surface area contributed by atoms with Crippen molar-refractivity contribution in [1.29, 1.82) is 0 Å². The Hall–Kier alpha value is -1.17. The predicted octanol–water partition coefficient (Wildman–Crippen LogP) is 2.28. The summed E-state index contributed by atoms with van der Waals surface area (Å²) in [6.07, 6.45) is 1.72. The molecule has 1 aromatic carbocycles. The fourth-order valence-corrected chi connectivity index (χ4v) is 2.86. The summed E-state index contributed by atoms with van der Waals surface area (Å²) in [7, 11) is 0. The van der Waals surface area contributed by atoms with Crippen LogP contribution in [-0.2, 0) is 9.53 Å². The van der Waals surface area contributed by atoms with E-state index >= 15 is 0 Å². The SMILES string of the molecule is O=C(NCC1CNCCOC1c1ccc(Cl)c(F)c1)C1CC1. The minimum Gasteiger partial charge on any atom is -0.372 e. The van der Waals surface area contributed by atoms with Crippen LogP contribution in [0.2, 0.25) is 5.02 Å². The third kappa shape index (κ3) is 3.77. The van der Waals surface area contributed by atoms with Crippen LogP contribution in [0.1, 0.15) is 24.5 Å². The number of rotatable bonds is 4. The van der Waals surface area contributed by atoms with Crippen molar-refractivity contribution in [3.05, 3.63) is 34.6 Å². The van der Waals surface area contributed by atoms with Gasteiger partial charge in [0.1, 0.15) is 5.82 Å². The topological polar surface area (TPSA) is 50.4 Å². The Morgan fingerprint density at radius 3 is 3.00 bits per heavy atom. The quantitative estimate of drug-likeness (QED) is 0.892. The number of halogens is 2. The molecule has 2 fully saturated rings. The number of ether oxygens (including phenoxy) is 1. The number of benzene rings is 1. The molecule has 1 aliphatic carbocycles. The van der Waals surface area contributed by atoms with E-state index in [4.69, 9.17) is 16.3 Å². The molecule has 2 aliphatic rings. The summed E-state index contributed by atoms with van der Waals surface area (Å²) in [6, 6.07) is 4.76. The highest BCUT2D eigenvalue weighted by Crippen LogP contribution is 2.31. The van der Waals surface area contributed by atoms with Crippen molar-refractivity contribution < 1.29 is 13.9 Å². The van der Waals surface area contributed by atoms with Gasteiger partial charge in [-0.2, -0.15) is 0 Å². The summed E-state index contributed by atoms with van der Waals surface area (Å²) in [5.74, 6) is -0.0807. The van der Waals surface area contributed by atoms with Crippen LogP contribution in [0.4, 0.5) is 4.39 Å². The van der Waals surface area contributed by atoms with Crippen LogP contribution < -0.4 is 10.6 Å². The number of nitrogens with one attached hydrogen (secondary N) is 2. The first-order valence-corrected chi connectivity index (χ1v) is 8.08. The van der Waals surface area contributed by atoms with Gasteiger partial charge in [0, 0.05) is 31.5 Å². The highest BCUT2D eigenvalue weighted by atomic mass is 35.5. The minimum atomic E-state index is -0.444. The molecular weight excluding hydrogens is 307 g/mol. The second-order valence-corrected chi connectivity index (χ2v) is 6.36. The molecule has 6 heteroatoms. The summed E-state index contributed by atoms with van der Waals surface area (Å²) >= 11 is 5.75. The summed E-state index contributed by atoms with van der Waals surface area (Å²) < 4.78 is 19.6. The fraction of sp³-hybridized carbons (Fsp3) is 0.562. The number of amides is 1. The van der Waals surface area contributed by atoms with Gasteiger partial charge in [0.15, 0.2) is 0 Å². The largest absolute Gasteiger partial charge is 0.372 e. The first-order chi connectivity index (χ1) is 10.6. The Labute approximate surface area is 134 Å². The molecule has 0 bridgehead atoms. The van der Waals surface area contributed by atoms with Crippen molar-refractivity contribution >= 4 is 17.5 Å². The zero-order chi connectivity index (χ0) is 15.5. The van der Waals surface area contributed by atoms with Gasteiger partial charge in [-0.1, -0.05) is 17.7 Å². The van der Waals surface area contributed by atoms with Crippen LogP contribution in [0.3, 0.4) is 0 Å². The van der Waals surface area contributed by atoms with Gasteiger partial charge in [-0.05, 0) is 30.5 Å². The van der Waals surface area contributed by atoms with E-state index in [1.54, 1.807) is 12.1 Å². The zero-order valence-electron chi connectivity index (χ0n) is 12.3. The van der Waals surface area contributed by atoms with Crippen molar-refractivity contribution in [3.63, 3.8) is 0 Å². The monoisotopic (exact) mass is 326 g/mol. The molecule has 1 saturated heterocycles. The van der Waals surface area contributed by atoms with Crippen molar-refractivity contribution in [2.45, 2.75) is 18.9 Å². The molecule has 0 spiro atoms. The van der Waals surface area contributed by atoms with Gasteiger partial charge in [-0.25, -0.2) is 4.39 Å². The van der Waals surface area contributed by atoms with Gasteiger partial charge < -0.3 is 15.4 Å². The Morgan fingerprint density at radius 2 is 2.27 bits per heavy atom. The van der Waals surface area contributed by atoms with Crippen molar-refractivity contribution in [2.24, 2.45) is 11.8 Å². The molecule has 2 atom stereocenters. The second kappa shape index (κ2) is 6.94. The molecule has 3 rings (SSSR count). The maximum atomic E-state index is 13.7. The van der Waals surface area contributed by atoms with Crippen LogP contribution >= 0.6 is 11.6 Å². The molecule has 120 valence electrons. The van der Waals surface area contributed by atoms with Crippen LogP contribution in [0, 0.1) is 17.7 Å². The highest BCUT2D eigenvalue weighted by Gasteiger charge is 2.32. The number of hydrogen-bond donors (Lipinski definition) is 2. The van der Waals surface area contributed by atoms with Gasteiger partial charge in [-0.15, -0.1) is 0 Å². The van der Waals surface area contributed by atoms with Crippen molar-refractivity contribution in [2.75, 3.05) is 26.2 Å². The van der Waals surface area contributed by atoms with E-state index in [0.29, 0.717) is 13.2 Å². The molecule has 0 radical (unpaired) electrons. The maximum Gasteiger partial charge on any atom is 0.223 e. The molecule has 0 aromatic heterocycles. The van der Waals surface area contributed by atoms with Gasteiger partial charge in [0.25, 0.3) is 0 Å². The van der Waals surface area contributed by atoms with E-state index < -0.39 is 5.82 Å². The summed E-state index contributed by atoms with van der Waals surface area (Å²) in [5, 5.41) is 6.39. The molecule has 2 N–H and O–H groups in total. The van der Waals surface area contributed by atoms with Crippen molar-refractivity contribution in [3.8, 4) is 0 Å². The van der Waals surface area contributed by atoms with Gasteiger partial charge in [0.05, 0.1) is 17.7 Å². The van der Waals surface area contributed by atoms with Crippen LogP contribution in [-0.4, -0.2) is 32.1 Å². The molecule has 1 saturated carbocycles. The van der Waals surface area contributed by atoms with E-state index in [1.165, 1.54) is 6.07 Å². The third-order valence-electron chi connectivity index (χ3n) is 4.17. The van der Waals surface area contributed by atoms with Crippen LogP contribution in [0.5, 0.6) is 0 Å². The fourth-order valence-electron chi connectivity index (χ4n) is 2.75. The second-order valence-electron chi connectivity index (χ2n) is 5.95. The van der Waals surface area contributed by atoms with E-state index in [1.807, 2.05) is 0 Å². The highest BCUT2D eigenvalue weighted by molar-refractivity contribution is 6.30. The minimum absolute atomic E-state index is 0.0609. The Balaban J connectivity index is 1.71. The van der Waals surface area contributed by atoms with E-state index in [0.717, 1.165) is 31.5 Å². The first-order valence-electron chi connectivity index (χ1n) is 7.70. The molecule has 1 heterocycles. The van der Waals surface area contributed by atoms with Gasteiger partial charge in [-0.3, -0.25) is 4.79 Å². The lowest BCUT2D eigenvalue weighted by molar-refractivity contribution is -0.122. The normalized spacial score (nSPS) is 25.5. The first kappa shape index (κ1) is 15.7. The molecule has 22 heavy (non-hydrogen) atoms. The molecule has 2 unspecified atom stereocenters. The number of carbonyl (C=O) groups excluding carboxylic acids is 1. The predicted molar refractivity (Wildman–Crippen MR) is 82.2 cm³/mol. The average Bonchev–Trinajstić information content (AvgIpc) is 3.34. The number of carbonyl (C=O) groups is 1. The van der Waals surface area contributed by atoms with E-state index in [2.05, 4.69) is 10.6 Å². The molecule has 1 aliphatic heterocycles. The summed E-state index contributed by atoms with van der Waals surface area (Å²) in [5.41, 5.74) is 0.760. The van der Waals surface area contributed by atoms with Gasteiger partial charge in [0.2, 0.25) is 5.91 Å². The summed E-state index contributed by atoms with van der Waals surface area (Å²) in [6.45, 7) is 2.55. The Kier molecular flexibility index (Phi) is 4.96. The molecular formula is C16H20ClFN2O2. The Bertz CT molecular complexity index is 551. The third-order valence-corrected chi connectivity index (χ3v) is 4.48. The molecule has 1 amide bonds. The standard InChI is InChI=1S/C16H20ClFN2O2/c17-13-4-3-11(7-14(13)18)15-12(8-19-5-6-22-15)9-20-16(21)10-1-2-10/h3-4,7,10,12,15,19H,1-2,5-6,8-9H2,(H,20,21). The summed E-state index contributed by atoms with van der Waals surface area (Å²) in [4.78, 5) is 11.8. The molecule has 1 aromatic rings. The number of hydrogen-bond acceptors (Lipinski definition) is 3. The zero-order valence-corrected chi connectivity index (χ0v) is 13.0. The maximum absolute atomic E-state index is 13.7. The Morgan fingerprint density at radius 1 is 1.45 bits per heavy atom. The molecule has 4 nitrogen and oxygen atoms in total. The lowest BCUT2D eigenvalue weighted by Gasteiger charge is -2.25. The van der Waals surface area contributed by atoms with Gasteiger partial charge >= 0.3 is 0 Å². The lowest BCUT2D eigenvalue weighted by Crippen LogP contribution is -2.37. The average molecular weight is 327 g/mol. The van der Waals surface area contributed by atoms with Crippen LogP contribution in [0.25, 0.3) is 0 Å². The lowest BCUT2D eigenvalue weighted by atomic mass is 9.95. The van der Waals surface area contributed by atoms with E-state index in [-0.39, 0.29) is 28.9 Å².